The molecule has 5 rings (SSSR count). The Kier molecular flexibility index (Phi) is 5.59. The van der Waals surface area contributed by atoms with Gasteiger partial charge in [-0.05, 0) is 47.7 Å². The van der Waals surface area contributed by atoms with Crippen molar-refractivity contribution in [2.45, 2.75) is 24.8 Å². The third-order valence-electron chi connectivity index (χ3n) is 6.44. The highest BCUT2D eigenvalue weighted by atomic mass is 16.6. The quantitative estimate of drug-likeness (QED) is 0.418. The minimum Gasteiger partial charge on any atom is -0.493 e. The van der Waals surface area contributed by atoms with Gasteiger partial charge < -0.3 is 19.5 Å². The molecule has 1 aliphatic heterocycles. The van der Waals surface area contributed by atoms with Crippen molar-refractivity contribution in [3.05, 3.63) is 75.2 Å². The molecule has 0 saturated heterocycles. The van der Waals surface area contributed by atoms with Gasteiger partial charge in [-0.25, -0.2) is 4.68 Å². The molecule has 11 heteroatoms. The van der Waals surface area contributed by atoms with Crippen LogP contribution in [0.1, 0.15) is 35.9 Å². The van der Waals surface area contributed by atoms with E-state index in [1.54, 1.807) is 38.1 Å². The molecule has 1 aliphatic carbocycles. The molecule has 0 bridgehead atoms. The maximum absolute atomic E-state index is 13.6. The van der Waals surface area contributed by atoms with Crippen LogP contribution in [0.5, 0.6) is 17.2 Å². The highest BCUT2D eigenvalue weighted by molar-refractivity contribution is 6.00. The number of methoxy groups -OCH3 is 3. The lowest BCUT2D eigenvalue weighted by molar-refractivity contribution is -0.384. The summed E-state index contributed by atoms with van der Waals surface area (Å²) in [5.74, 6) is 1.87. The van der Waals surface area contributed by atoms with Crippen LogP contribution in [0.15, 0.2) is 54.0 Å². The molecule has 0 fully saturated rings. The highest BCUT2D eigenvalue weighted by Gasteiger charge is 2.39. The minimum atomic E-state index is -0.530. The van der Waals surface area contributed by atoms with Crippen molar-refractivity contribution in [3.63, 3.8) is 0 Å². The number of nitro benzene ring substituents is 1. The van der Waals surface area contributed by atoms with E-state index < -0.39 is 11.0 Å². The van der Waals surface area contributed by atoms with E-state index in [1.165, 1.54) is 18.5 Å². The first kappa shape index (κ1) is 22.4. The van der Waals surface area contributed by atoms with Crippen LogP contribution in [-0.4, -0.2) is 46.8 Å². The fourth-order valence-electron chi connectivity index (χ4n) is 4.81. The number of ether oxygens (including phenoxy) is 3. The predicted octanol–water partition coefficient (Wildman–Crippen LogP) is 3.63. The molecule has 0 saturated carbocycles. The molecule has 0 radical (unpaired) electrons. The monoisotopic (exact) mass is 477 g/mol. The number of hydrogen-bond acceptors (Lipinski definition) is 9. The van der Waals surface area contributed by atoms with E-state index in [1.807, 2.05) is 12.1 Å². The highest BCUT2D eigenvalue weighted by Crippen LogP contribution is 2.47. The Labute approximate surface area is 200 Å². The number of benzene rings is 2. The zero-order valence-corrected chi connectivity index (χ0v) is 19.3. The van der Waals surface area contributed by atoms with Crippen molar-refractivity contribution in [2.24, 2.45) is 0 Å². The molecule has 2 atom stereocenters. The van der Waals surface area contributed by atoms with E-state index in [9.17, 15) is 14.9 Å². The molecule has 2 aliphatic rings. The molecule has 2 aromatic carbocycles. The van der Waals surface area contributed by atoms with E-state index in [-0.39, 0.29) is 23.8 Å². The molecule has 1 N–H and O–H groups in total. The number of Topliss-reactive ketones (excluding diaryl/α,β-unsaturated/α-hetero) is 1. The van der Waals surface area contributed by atoms with Gasteiger partial charge >= 0.3 is 0 Å². The third kappa shape index (κ3) is 3.74. The first-order valence-electron chi connectivity index (χ1n) is 10.9. The second kappa shape index (κ2) is 8.75. The van der Waals surface area contributed by atoms with Crippen LogP contribution >= 0.6 is 0 Å². The molecule has 180 valence electrons. The van der Waals surface area contributed by atoms with Gasteiger partial charge in [0.1, 0.15) is 12.4 Å². The number of anilines is 1. The summed E-state index contributed by atoms with van der Waals surface area (Å²) in [4.78, 5) is 28.5. The van der Waals surface area contributed by atoms with E-state index in [2.05, 4.69) is 15.4 Å². The number of ketones is 1. The lowest BCUT2D eigenvalue weighted by Gasteiger charge is -2.35. The standard InChI is InChI=1S/C24H23N5O6/c1-33-19-10-15(11-20(34-2)23(19)35-3)14-8-17-21(18(30)9-14)22(28-24(27-17)25-12-26-28)13-4-6-16(7-5-13)29(31)32/h4-7,10-12,14,22H,8-9H2,1-3H3,(H,25,26,27)/t14-,22-/m1/s1. The molecule has 1 aromatic heterocycles. The van der Waals surface area contributed by atoms with Crippen LogP contribution < -0.4 is 19.5 Å². The summed E-state index contributed by atoms with van der Waals surface area (Å²) in [6.07, 6.45) is 2.24. The molecule has 3 aromatic rings. The van der Waals surface area contributed by atoms with Gasteiger partial charge in [-0.3, -0.25) is 14.9 Å². The molecule has 0 amide bonds. The number of fused-ring (bicyclic) bond motifs is 1. The lowest BCUT2D eigenvalue weighted by Crippen LogP contribution is -2.33. The second-order valence-corrected chi connectivity index (χ2v) is 8.28. The Balaban J connectivity index is 1.56. The average Bonchev–Trinajstić information content (AvgIpc) is 3.34. The number of nitrogens with zero attached hydrogens (tertiary/aromatic N) is 4. The van der Waals surface area contributed by atoms with Crippen molar-refractivity contribution < 1.29 is 23.9 Å². The molecule has 2 heterocycles. The second-order valence-electron chi connectivity index (χ2n) is 8.28. The molecular formula is C24H23N5O6. The molecular weight excluding hydrogens is 454 g/mol. The average molecular weight is 477 g/mol. The van der Waals surface area contributed by atoms with E-state index >= 15 is 0 Å². The maximum Gasteiger partial charge on any atom is 0.269 e. The van der Waals surface area contributed by atoms with E-state index in [0.29, 0.717) is 35.2 Å². The normalized spacial score (nSPS) is 18.9. The fourth-order valence-corrected chi connectivity index (χ4v) is 4.81. The van der Waals surface area contributed by atoms with E-state index in [4.69, 9.17) is 14.2 Å². The number of nitrogens with one attached hydrogen (secondary N) is 1. The van der Waals surface area contributed by atoms with Crippen molar-refractivity contribution in [1.82, 2.24) is 14.8 Å². The largest absolute Gasteiger partial charge is 0.493 e. The van der Waals surface area contributed by atoms with Crippen LogP contribution in [0.3, 0.4) is 0 Å². The number of hydrogen-bond donors (Lipinski definition) is 1. The van der Waals surface area contributed by atoms with Gasteiger partial charge in [0, 0.05) is 29.8 Å². The van der Waals surface area contributed by atoms with Crippen LogP contribution in [0.25, 0.3) is 0 Å². The third-order valence-corrected chi connectivity index (χ3v) is 6.44. The zero-order chi connectivity index (χ0) is 24.7. The van der Waals surface area contributed by atoms with Crippen molar-refractivity contribution >= 4 is 17.4 Å². The number of rotatable bonds is 6. The summed E-state index contributed by atoms with van der Waals surface area (Å²) < 4.78 is 18.0. The van der Waals surface area contributed by atoms with Crippen LogP contribution in [0.4, 0.5) is 11.6 Å². The number of allylic oxidation sites excluding steroid dienone is 2. The number of non-ortho nitro benzene ring substituents is 1. The Morgan fingerprint density at radius 1 is 1.03 bits per heavy atom. The van der Waals surface area contributed by atoms with Gasteiger partial charge in [0.2, 0.25) is 11.7 Å². The maximum atomic E-state index is 13.6. The summed E-state index contributed by atoms with van der Waals surface area (Å²) >= 11 is 0. The van der Waals surface area contributed by atoms with Gasteiger partial charge in [0.25, 0.3) is 5.69 Å². The van der Waals surface area contributed by atoms with Crippen molar-refractivity contribution in [3.8, 4) is 17.2 Å². The van der Waals surface area contributed by atoms with Gasteiger partial charge in [-0.15, -0.1) is 0 Å². The fraction of sp³-hybridized carbons (Fsp3) is 0.292. The topological polar surface area (TPSA) is 131 Å². The number of aromatic nitrogens is 3. The SMILES string of the molecule is COc1cc([C@H]2CC(=O)C3=C(C2)Nc2ncnn2[C@@H]3c2ccc([N+](=O)[O-])cc2)cc(OC)c1OC. The first-order valence-corrected chi connectivity index (χ1v) is 10.9. The number of carbonyl (C=O) groups is 1. The minimum absolute atomic E-state index is 0.0202. The first-order chi connectivity index (χ1) is 16.9. The molecule has 0 spiro atoms. The summed E-state index contributed by atoms with van der Waals surface area (Å²) in [5, 5.41) is 18.7. The van der Waals surface area contributed by atoms with E-state index in [0.717, 1.165) is 16.8 Å². The molecule has 0 unspecified atom stereocenters. The number of carbonyl (C=O) groups excluding carboxylic acids is 1. The summed E-state index contributed by atoms with van der Waals surface area (Å²) in [6.45, 7) is 0. The lowest BCUT2D eigenvalue weighted by atomic mass is 9.77. The van der Waals surface area contributed by atoms with Crippen LogP contribution in [-0.2, 0) is 4.79 Å². The summed E-state index contributed by atoms with van der Waals surface area (Å²) in [7, 11) is 4.65. The number of nitro groups is 1. The van der Waals surface area contributed by atoms with Crippen molar-refractivity contribution in [2.75, 3.05) is 26.6 Å². The summed E-state index contributed by atoms with van der Waals surface area (Å²) in [5.41, 5.74) is 2.92. The Bertz CT molecular complexity index is 1320. The van der Waals surface area contributed by atoms with Gasteiger partial charge in [-0.1, -0.05) is 0 Å². The Hall–Kier alpha value is -4.41. The van der Waals surface area contributed by atoms with Crippen LogP contribution in [0, 0.1) is 10.1 Å². The Morgan fingerprint density at radius 2 is 1.71 bits per heavy atom. The smallest absolute Gasteiger partial charge is 0.269 e. The summed E-state index contributed by atoms with van der Waals surface area (Å²) in [6, 6.07) is 9.37. The van der Waals surface area contributed by atoms with Gasteiger partial charge in [-0.2, -0.15) is 10.1 Å². The zero-order valence-electron chi connectivity index (χ0n) is 19.3. The van der Waals surface area contributed by atoms with Gasteiger partial charge in [0.15, 0.2) is 17.3 Å². The van der Waals surface area contributed by atoms with Crippen LogP contribution in [0.2, 0.25) is 0 Å². The predicted molar refractivity (Wildman–Crippen MR) is 125 cm³/mol. The Morgan fingerprint density at radius 3 is 2.31 bits per heavy atom. The molecule has 35 heavy (non-hydrogen) atoms. The molecule has 11 nitrogen and oxygen atoms in total. The van der Waals surface area contributed by atoms with Crippen molar-refractivity contribution in [1.29, 1.82) is 0 Å². The van der Waals surface area contributed by atoms with Gasteiger partial charge in [0.05, 0.1) is 26.3 Å².